The number of nitrogens with zero attached hydrogens (tertiary/aromatic N) is 1. The molecule has 1 saturated heterocycles. The lowest BCUT2D eigenvalue weighted by Gasteiger charge is -2.40. The third-order valence-electron chi connectivity index (χ3n) is 3.75. The van der Waals surface area contributed by atoms with Crippen molar-refractivity contribution in [1.29, 1.82) is 0 Å². The Morgan fingerprint density at radius 1 is 1.41 bits per heavy atom. The molecule has 4 heteroatoms. The smallest absolute Gasteiger partial charge is 0.143 e. The van der Waals surface area contributed by atoms with E-state index in [0.717, 1.165) is 18.7 Å². The summed E-state index contributed by atoms with van der Waals surface area (Å²) < 4.78 is 13.3. The van der Waals surface area contributed by atoms with Gasteiger partial charge < -0.3 is 10.6 Å². The molecule has 2 N–H and O–H groups in total. The highest BCUT2D eigenvalue weighted by molar-refractivity contribution is 6.31. The molecule has 2 nitrogen and oxygen atoms in total. The van der Waals surface area contributed by atoms with E-state index in [2.05, 4.69) is 18.7 Å². The van der Waals surface area contributed by atoms with Crippen molar-refractivity contribution < 1.29 is 4.39 Å². The number of hydrogen-bond acceptors (Lipinski definition) is 2. The number of benzene rings is 1. The van der Waals surface area contributed by atoms with Gasteiger partial charge in [-0.05, 0) is 31.7 Å². The first-order valence-corrected chi connectivity index (χ1v) is 6.39. The standard InChI is InChI=1S/C13H18ClFN2/c1-8-4-3-5-17(9(8)2)13-6-10(14)11(15)7-12(13)16/h6-9H,3-5,16H2,1-2H3. The molecule has 1 fully saturated rings. The number of nitrogen functional groups attached to an aromatic ring is 1. The Bertz CT molecular complexity index is 422. The summed E-state index contributed by atoms with van der Waals surface area (Å²) in [6, 6.07) is 3.36. The van der Waals surface area contributed by atoms with Crippen molar-refractivity contribution in [3.8, 4) is 0 Å². The molecule has 0 radical (unpaired) electrons. The molecule has 0 saturated carbocycles. The highest BCUT2D eigenvalue weighted by Crippen LogP contribution is 2.35. The molecule has 0 aromatic heterocycles. The van der Waals surface area contributed by atoms with Crippen molar-refractivity contribution in [2.24, 2.45) is 5.92 Å². The highest BCUT2D eigenvalue weighted by Gasteiger charge is 2.26. The van der Waals surface area contributed by atoms with E-state index in [1.165, 1.54) is 12.5 Å². The second-order valence-electron chi connectivity index (χ2n) is 4.88. The summed E-state index contributed by atoms with van der Waals surface area (Å²) in [7, 11) is 0. The van der Waals surface area contributed by atoms with E-state index in [0.29, 0.717) is 17.6 Å². The first kappa shape index (κ1) is 12.5. The van der Waals surface area contributed by atoms with Crippen LogP contribution in [0.2, 0.25) is 5.02 Å². The third kappa shape index (κ3) is 2.34. The largest absolute Gasteiger partial charge is 0.397 e. The second-order valence-corrected chi connectivity index (χ2v) is 5.29. The van der Waals surface area contributed by atoms with Crippen molar-refractivity contribution in [3.63, 3.8) is 0 Å². The minimum Gasteiger partial charge on any atom is -0.397 e. The molecule has 1 aliphatic rings. The second kappa shape index (κ2) is 4.73. The molecule has 0 aliphatic carbocycles. The fraction of sp³-hybridized carbons (Fsp3) is 0.538. The summed E-state index contributed by atoms with van der Waals surface area (Å²) in [4.78, 5) is 2.23. The van der Waals surface area contributed by atoms with Crippen LogP contribution in [0.25, 0.3) is 0 Å². The number of hydrogen-bond donors (Lipinski definition) is 1. The van der Waals surface area contributed by atoms with Gasteiger partial charge in [0.1, 0.15) is 5.82 Å². The molecule has 2 unspecified atom stereocenters. The normalized spacial score (nSPS) is 25.1. The number of anilines is 2. The molecule has 0 bridgehead atoms. The summed E-state index contributed by atoms with van der Waals surface area (Å²) >= 11 is 5.83. The SMILES string of the molecule is CC1CCCN(c2cc(Cl)c(F)cc2N)C1C. The topological polar surface area (TPSA) is 29.3 Å². The van der Waals surface area contributed by atoms with Gasteiger partial charge in [-0.15, -0.1) is 0 Å². The molecule has 17 heavy (non-hydrogen) atoms. The highest BCUT2D eigenvalue weighted by atomic mass is 35.5. The van der Waals surface area contributed by atoms with Crippen LogP contribution in [0.15, 0.2) is 12.1 Å². The maximum absolute atomic E-state index is 13.3. The van der Waals surface area contributed by atoms with Crippen LogP contribution in [0.5, 0.6) is 0 Å². The van der Waals surface area contributed by atoms with Crippen molar-refractivity contribution >= 4 is 23.0 Å². The van der Waals surface area contributed by atoms with Gasteiger partial charge in [-0.1, -0.05) is 18.5 Å². The quantitative estimate of drug-likeness (QED) is 0.777. The lowest BCUT2D eigenvalue weighted by molar-refractivity contribution is 0.364. The van der Waals surface area contributed by atoms with E-state index < -0.39 is 5.82 Å². The molecule has 0 spiro atoms. The predicted octanol–water partition coefficient (Wildman–Crippen LogP) is 3.69. The van der Waals surface area contributed by atoms with Crippen molar-refractivity contribution in [1.82, 2.24) is 0 Å². The zero-order valence-corrected chi connectivity index (χ0v) is 11.0. The van der Waals surface area contributed by atoms with Crippen LogP contribution in [0.4, 0.5) is 15.8 Å². The third-order valence-corrected chi connectivity index (χ3v) is 4.04. The number of halogens is 2. The van der Waals surface area contributed by atoms with Crippen LogP contribution >= 0.6 is 11.6 Å². The summed E-state index contributed by atoms with van der Waals surface area (Å²) in [5.74, 6) is 0.164. The average molecular weight is 257 g/mol. The van der Waals surface area contributed by atoms with Gasteiger partial charge in [-0.25, -0.2) is 4.39 Å². The van der Waals surface area contributed by atoms with Crippen molar-refractivity contribution in [3.05, 3.63) is 23.0 Å². The first-order valence-electron chi connectivity index (χ1n) is 6.02. The minimum absolute atomic E-state index is 0.139. The Morgan fingerprint density at radius 3 is 2.82 bits per heavy atom. The molecule has 2 atom stereocenters. The lowest BCUT2D eigenvalue weighted by Crippen LogP contribution is -2.42. The number of rotatable bonds is 1. The van der Waals surface area contributed by atoms with E-state index in [1.54, 1.807) is 6.07 Å². The van der Waals surface area contributed by atoms with Crippen LogP contribution < -0.4 is 10.6 Å². The summed E-state index contributed by atoms with van der Waals surface area (Å²) in [5, 5.41) is 0.139. The Labute approximate surface area is 107 Å². The van der Waals surface area contributed by atoms with E-state index in [1.807, 2.05) is 0 Å². The first-order chi connectivity index (χ1) is 8.00. The van der Waals surface area contributed by atoms with E-state index >= 15 is 0 Å². The average Bonchev–Trinajstić information content (AvgIpc) is 2.28. The van der Waals surface area contributed by atoms with E-state index in [-0.39, 0.29) is 5.02 Å². The summed E-state index contributed by atoms with van der Waals surface area (Å²) in [5.41, 5.74) is 7.21. The van der Waals surface area contributed by atoms with Gasteiger partial charge in [-0.3, -0.25) is 0 Å². The zero-order chi connectivity index (χ0) is 12.6. The Kier molecular flexibility index (Phi) is 3.48. The van der Waals surface area contributed by atoms with Gasteiger partial charge >= 0.3 is 0 Å². The number of nitrogens with two attached hydrogens (primary N) is 1. The lowest BCUT2D eigenvalue weighted by atomic mass is 9.91. The maximum atomic E-state index is 13.3. The molecule has 1 aliphatic heterocycles. The monoisotopic (exact) mass is 256 g/mol. The minimum atomic E-state index is -0.453. The summed E-state index contributed by atoms with van der Waals surface area (Å²) in [6.45, 7) is 5.37. The van der Waals surface area contributed by atoms with Gasteiger partial charge in [0, 0.05) is 18.7 Å². The molecular formula is C13H18ClFN2. The van der Waals surface area contributed by atoms with Gasteiger partial charge in [0.2, 0.25) is 0 Å². The molecule has 1 heterocycles. The molecule has 2 rings (SSSR count). The molecule has 94 valence electrons. The van der Waals surface area contributed by atoms with Crippen LogP contribution in [-0.2, 0) is 0 Å². The number of piperidine rings is 1. The zero-order valence-electron chi connectivity index (χ0n) is 10.2. The van der Waals surface area contributed by atoms with E-state index in [4.69, 9.17) is 17.3 Å². The van der Waals surface area contributed by atoms with Crippen LogP contribution in [-0.4, -0.2) is 12.6 Å². The fourth-order valence-corrected chi connectivity index (χ4v) is 2.63. The van der Waals surface area contributed by atoms with Crippen LogP contribution in [0.3, 0.4) is 0 Å². The van der Waals surface area contributed by atoms with E-state index in [9.17, 15) is 4.39 Å². The maximum Gasteiger partial charge on any atom is 0.143 e. The Morgan fingerprint density at radius 2 is 2.12 bits per heavy atom. The summed E-state index contributed by atoms with van der Waals surface area (Å²) in [6.07, 6.45) is 2.37. The molecular weight excluding hydrogens is 239 g/mol. The van der Waals surface area contributed by atoms with Gasteiger partial charge in [0.25, 0.3) is 0 Å². The van der Waals surface area contributed by atoms with Gasteiger partial charge in [0.05, 0.1) is 16.4 Å². The predicted molar refractivity (Wildman–Crippen MR) is 71.0 cm³/mol. The van der Waals surface area contributed by atoms with Gasteiger partial charge in [0.15, 0.2) is 0 Å². The Balaban J connectivity index is 2.36. The van der Waals surface area contributed by atoms with Gasteiger partial charge in [-0.2, -0.15) is 0 Å². The Hall–Kier alpha value is -0.960. The van der Waals surface area contributed by atoms with Crippen molar-refractivity contribution in [2.45, 2.75) is 32.7 Å². The molecule has 1 aromatic carbocycles. The molecule has 0 amide bonds. The van der Waals surface area contributed by atoms with Crippen LogP contribution in [0, 0.1) is 11.7 Å². The molecule has 1 aromatic rings. The van der Waals surface area contributed by atoms with Crippen LogP contribution in [0.1, 0.15) is 26.7 Å². The fourth-order valence-electron chi connectivity index (χ4n) is 2.48. The van der Waals surface area contributed by atoms with Crippen molar-refractivity contribution in [2.75, 3.05) is 17.2 Å².